The van der Waals surface area contributed by atoms with Crippen LogP contribution in [0.15, 0.2) is 29.2 Å². The van der Waals surface area contributed by atoms with Crippen molar-refractivity contribution >= 4 is 9.84 Å². The number of aryl methyl sites for hydroxylation is 1. The Bertz CT molecular complexity index is 819. The van der Waals surface area contributed by atoms with E-state index in [1.54, 1.807) is 0 Å². The molecule has 0 bridgehead atoms. The summed E-state index contributed by atoms with van der Waals surface area (Å²) in [5.74, 6) is 0. The predicted octanol–water partition coefficient (Wildman–Crippen LogP) is 3.70. The lowest BCUT2D eigenvalue weighted by Crippen LogP contribution is -2.23. The van der Waals surface area contributed by atoms with Crippen LogP contribution in [-0.4, -0.2) is 24.1 Å². The minimum atomic E-state index is -5.56. The molecule has 0 radical (unpaired) electrons. The van der Waals surface area contributed by atoms with Crippen molar-refractivity contribution in [3.8, 4) is 11.1 Å². The summed E-state index contributed by atoms with van der Waals surface area (Å²) in [6.45, 7) is 1.30. The number of benzene rings is 1. The van der Waals surface area contributed by atoms with Crippen molar-refractivity contribution in [2.45, 2.75) is 23.5 Å². The van der Waals surface area contributed by atoms with Gasteiger partial charge in [0.2, 0.25) is 0 Å². The van der Waals surface area contributed by atoms with Crippen LogP contribution in [-0.2, 0) is 16.0 Å². The molecule has 0 aliphatic carbocycles. The molecule has 126 valence electrons. The molecule has 0 spiro atoms. The van der Waals surface area contributed by atoms with Crippen LogP contribution in [0.25, 0.3) is 11.1 Å². The molecular formula is C12H8F6N2O2S. The van der Waals surface area contributed by atoms with Crippen LogP contribution in [0.2, 0.25) is 0 Å². The molecule has 4 nitrogen and oxygen atoms in total. The Morgan fingerprint density at radius 1 is 1.00 bits per heavy atom. The lowest BCUT2D eigenvalue weighted by molar-refractivity contribution is -0.140. The van der Waals surface area contributed by atoms with Gasteiger partial charge in [0, 0.05) is 11.3 Å². The maximum atomic E-state index is 12.8. The summed E-state index contributed by atoms with van der Waals surface area (Å²) in [5, 5.41) is 5.27. The van der Waals surface area contributed by atoms with Crippen LogP contribution in [0, 0.1) is 6.92 Å². The third kappa shape index (κ3) is 3.05. The molecule has 1 aromatic carbocycles. The molecule has 2 rings (SSSR count). The van der Waals surface area contributed by atoms with Gasteiger partial charge in [-0.1, -0.05) is 12.1 Å². The molecule has 0 fully saturated rings. The first-order valence-corrected chi connectivity index (χ1v) is 7.38. The molecule has 1 aromatic heterocycles. The largest absolute Gasteiger partial charge is 0.501 e. The highest BCUT2D eigenvalue weighted by Crippen LogP contribution is 2.38. The Balaban J connectivity index is 2.53. The van der Waals surface area contributed by atoms with E-state index in [1.165, 1.54) is 6.92 Å². The number of hydrogen-bond acceptors (Lipinski definition) is 3. The van der Waals surface area contributed by atoms with Gasteiger partial charge in [-0.25, -0.2) is 8.42 Å². The first-order chi connectivity index (χ1) is 10.4. The van der Waals surface area contributed by atoms with E-state index in [0.717, 1.165) is 12.1 Å². The number of H-pyrrole nitrogens is 1. The third-order valence-corrected chi connectivity index (χ3v) is 4.48. The van der Waals surface area contributed by atoms with Crippen molar-refractivity contribution in [2.75, 3.05) is 0 Å². The number of nitrogens with zero attached hydrogens (tertiary/aromatic N) is 1. The Morgan fingerprint density at radius 2 is 1.52 bits per heavy atom. The average molecular weight is 358 g/mol. The molecule has 0 atom stereocenters. The van der Waals surface area contributed by atoms with Gasteiger partial charge in [0.1, 0.15) is 0 Å². The fraction of sp³-hybridized carbons (Fsp3) is 0.250. The molecule has 2 aromatic rings. The lowest BCUT2D eigenvalue weighted by Gasteiger charge is -2.10. The molecule has 0 aliphatic rings. The second kappa shape index (κ2) is 5.25. The van der Waals surface area contributed by atoms with Gasteiger partial charge in [0.15, 0.2) is 5.69 Å². The maximum absolute atomic E-state index is 12.8. The zero-order valence-corrected chi connectivity index (χ0v) is 12.1. The summed E-state index contributed by atoms with van der Waals surface area (Å²) in [7, 11) is -5.56. The monoisotopic (exact) mass is 358 g/mol. The second-order valence-electron chi connectivity index (χ2n) is 4.54. The van der Waals surface area contributed by atoms with E-state index in [4.69, 9.17) is 0 Å². The number of hydrogen-bond donors (Lipinski definition) is 1. The Hall–Kier alpha value is -2.04. The van der Waals surface area contributed by atoms with Crippen molar-refractivity contribution < 1.29 is 34.8 Å². The van der Waals surface area contributed by atoms with Crippen LogP contribution in [0.5, 0.6) is 0 Å². The summed E-state index contributed by atoms with van der Waals surface area (Å²) < 4.78 is 98.3. The van der Waals surface area contributed by atoms with Gasteiger partial charge < -0.3 is 0 Å². The highest BCUT2D eigenvalue weighted by molar-refractivity contribution is 7.92. The molecular weight excluding hydrogens is 350 g/mol. The van der Waals surface area contributed by atoms with E-state index in [2.05, 4.69) is 10.2 Å². The van der Waals surface area contributed by atoms with Crippen LogP contribution in [0.1, 0.15) is 11.4 Å². The van der Waals surface area contributed by atoms with Crippen LogP contribution < -0.4 is 0 Å². The van der Waals surface area contributed by atoms with E-state index in [0.29, 0.717) is 12.1 Å². The minimum Gasteiger partial charge on any atom is -0.282 e. The van der Waals surface area contributed by atoms with Gasteiger partial charge in [0.25, 0.3) is 9.84 Å². The second-order valence-corrected chi connectivity index (χ2v) is 6.48. The van der Waals surface area contributed by atoms with E-state index in [-0.39, 0.29) is 16.8 Å². The predicted molar refractivity (Wildman–Crippen MR) is 67.0 cm³/mol. The first kappa shape index (κ1) is 17.3. The van der Waals surface area contributed by atoms with E-state index < -0.39 is 32.1 Å². The normalized spacial score (nSPS) is 13.3. The fourth-order valence-corrected chi connectivity index (χ4v) is 2.68. The molecule has 0 amide bonds. The summed E-state index contributed by atoms with van der Waals surface area (Å²) in [6.07, 6.45) is -4.77. The number of sulfone groups is 1. The van der Waals surface area contributed by atoms with Crippen molar-refractivity contribution in [2.24, 2.45) is 0 Å². The van der Waals surface area contributed by atoms with Gasteiger partial charge >= 0.3 is 11.7 Å². The Morgan fingerprint density at radius 3 is 1.96 bits per heavy atom. The quantitative estimate of drug-likeness (QED) is 0.833. The maximum Gasteiger partial charge on any atom is 0.501 e. The summed E-state index contributed by atoms with van der Waals surface area (Å²) in [4.78, 5) is -1.05. The standard InChI is InChI=1S/C12H8F6N2O2S/c1-6-9(10(20-19-6)11(13,14)15)7-2-4-8(5-3-7)23(21,22)12(16,17)18/h2-5H,1H3,(H,19,20). The van der Waals surface area contributed by atoms with E-state index in [1.807, 2.05) is 0 Å². The van der Waals surface area contributed by atoms with Crippen LogP contribution in [0.4, 0.5) is 26.3 Å². The first-order valence-electron chi connectivity index (χ1n) is 5.89. The molecule has 23 heavy (non-hydrogen) atoms. The van der Waals surface area contributed by atoms with Crippen molar-refractivity contribution in [3.63, 3.8) is 0 Å². The number of rotatable bonds is 2. The lowest BCUT2D eigenvalue weighted by atomic mass is 10.0. The average Bonchev–Trinajstić information content (AvgIpc) is 2.79. The molecule has 1 heterocycles. The number of alkyl halides is 6. The van der Waals surface area contributed by atoms with Gasteiger partial charge in [0.05, 0.1) is 4.90 Å². The highest BCUT2D eigenvalue weighted by atomic mass is 32.2. The molecule has 1 N–H and O–H groups in total. The SMILES string of the molecule is Cc1[nH]nc(C(F)(F)F)c1-c1ccc(S(=O)(=O)C(F)(F)F)cc1. The summed E-state index contributed by atoms with van der Waals surface area (Å²) >= 11 is 0. The van der Waals surface area contributed by atoms with Gasteiger partial charge in [-0.2, -0.15) is 31.4 Å². The van der Waals surface area contributed by atoms with Crippen LogP contribution in [0.3, 0.4) is 0 Å². The smallest absolute Gasteiger partial charge is 0.282 e. The van der Waals surface area contributed by atoms with Crippen molar-refractivity contribution in [1.29, 1.82) is 0 Å². The zero-order valence-electron chi connectivity index (χ0n) is 11.2. The Labute approximate surface area is 126 Å². The summed E-state index contributed by atoms with van der Waals surface area (Å²) in [6, 6.07) is 2.94. The number of aromatic nitrogens is 2. The third-order valence-electron chi connectivity index (χ3n) is 2.97. The molecule has 0 unspecified atom stereocenters. The Kier molecular flexibility index (Phi) is 3.95. The van der Waals surface area contributed by atoms with Crippen LogP contribution >= 0.6 is 0 Å². The number of halogens is 6. The number of nitrogens with one attached hydrogen (secondary N) is 1. The van der Waals surface area contributed by atoms with Gasteiger partial charge in [-0.15, -0.1) is 0 Å². The van der Waals surface area contributed by atoms with Gasteiger partial charge in [-0.3, -0.25) is 5.10 Å². The highest BCUT2D eigenvalue weighted by Gasteiger charge is 2.46. The zero-order chi connectivity index (χ0) is 17.6. The fourth-order valence-electron chi connectivity index (χ4n) is 1.92. The molecule has 0 aliphatic heterocycles. The minimum absolute atomic E-state index is 0.0451. The number of aromatic amines is 1. The van der Waals surface area contributed by atoms with Crippen molar-refractivity contribution in [1.82, 2.24) is 10.2 Å². The summed E-state index contributed by atoms with van der Waals surface area (Å²) in [5.41, 5.74) is -7.14. The van der Waals surface area contributed by atoms with Crippen molar-refractivity contribution in [3.05, 3.63) is 35.7 Å². The molecule has 11 heteroatoms. The van der Waals surface area contributed by atoms with Gasteiger partial charge in [-0.05, 0) is 24.6 Å². The molecule has 0 saturated carbocycles. The van der Waals surface area contributed by atoms with E-state index in [9.17, 15) is 34.8 Å². The van der Waals surface area contributed by atoms with E-state index >= 15 is 0 Å². The topological polar surface area (TPSA) is 62.8 Å². The molecule has 0 saturated heterocycles.